The van der Waals surface area contributed by atoms with Gasteiger partial charge in [0.25, 0.3) is 0 Å². The smallest absolute Gasteiger partial charge is 0.312 e. The first-order chi connectivity index (χ1) is 18.3. The number of nitrogens with one attached hydrogen (secondary N) is 2. The van der Waals surface area contributed by atoms with E-state index >= 15 is 0 Å². The van der Waals surface area contributed by atoms with E-state index in [4.69, 9.17) is 4.74 Å². The zero-order valence-electron chi connectivity index (χ0n) is 22.8. The summed E-state index contributed by atoms with van der Waals surface area (Å²) in [5, 5.41) is 6.23. The molecule has 2 amide bonds. The van der Waals surface area contributed by atoms with Crippen LogP contribution < -0.4 is 10.6 Å². The molecule has 2 N–H and O–H groups in total. The molecule has 1 aromatic carbocycles. The molecule has 8 nitrogen and oxygen atoms in total. The summed E-state index contributed by atoms with van der Waals surface area (Å²) in [6.07, 6.45) is 6.95. The molecule has 0 radical (unpaired) electrons. The Morgan fingerprint density at radius 3 is 2.42 bits per heavy atom. The van der Waals surface area contributed by atoms with E-state index in [1.807, 2.05) is 14.0 Å². The molecule has 1 saturated carbocycles. The summed E-state index contributed by atoms with van der Waals surface area (Å²) in [6, 6.07) is 4.87. The minimum atomic E-state index is -0.772. The first kappa shape index (κ1) is 28.5. The number of ether oxygens (including phenoxy) is 1. The fourth-order valence-electron chi connectivity index (χ4n) is 6.46. The SMILES string of the molecule is CCOC(=O)C1(C2CCCCC2)CCN(C(=O)[C@@H](Cc2ccc(F)cc2)NC(=O)[C@H]2CN(C)CCN2)CC1. The Hall–Kier alpha value is -2.52. The number of hydrogen-bond acceptors (Lipinski definition) is 6. The van der Waals surface area contributed by atoms with E-state index in [1.54, 1.807) is 17.0 Å². The highest BCUT2D eigenvalue weighted by Crippen LogP contribution is 2.47. The lowest BCUT2D eigenvalue weighted by atomic mass is 9.63. The van der Waals surface area contributed by atoms with Crippen molar-refractivity contribution in [1.82, 2.24) is 20.4 Å². The van der Waals surface area contributed by atoms with Gasteiger partial charge in [-0.05, 0) is 63.3 Å². The average molecular weight is 531 g/mol. The molecule has 1 aromatic rings. The number of esters is 1. The number of piperazine rings is 1. The third-order valence-corrected chi connectivity index (χ3v) is 8.70. The minimum Gasteiger partial charge on any atom is -0.466 e. The summed E-state index contributed by atoms with van der Waals surface area (Å²) in [4.78, 5) is 44.1. The van der Waals surface area contributed by atoms with Crippen LogP contribution in [0.25, 0.3) is 0 Å². The molecule has 3 aliphatic rings. The fraction of sp³-hybridized carbons (Fsp3) is 0.690. The largest absolute Gasteiger partial charge is 0.466 e. The van der Waals surface area contributed by atoms with Crippen molar-refractivity contribution in [3.63, 3.8) is 0 Å². The van der Waals surface area contributed by atoms with Gasteiger partial charge in [-0.2, -0.15) is 0 Å². The number of carbonyl (C=O) groups is 3. The van der Waals surface area contributed by atoms with E-state index in [1.165, 1.54) is 18.6 Å². The van der Waals surface area contributed by atoms with Crippen LogP contribution in [0.1, 0.15) is 57.4 Å². The molecule has 1 aliphatic carbocycles. The van der Waals surface area contributed by atoms with Crippen LogP contribution in [0.2, 0.25) is 0 Å². The summed E-state index contributed by atoms with van der Waals surface area (Å²) < 4.78 is 19.1. The van der Waals surface area contributed by atoms with Crippen LogP contribution in [0.4, 0.5) is 4.39 Å². The molecular weight excluding hydrogens is 487 g/mol. The Bertz CT molecular complexity index is 958. The summed E-state index contributed by atoms with van der Waals surface area (Å²) in [5.41, 5.74) is 0.235. The number of likely N-dealkylation sites (N-methyl/N-ethyl adjacent to an activating group) is 1. The predicted molar refractivity (Wildman–Crippen MR) is 143 cm³/mol. The highest BCUT2D eigenvalue weighted by molar-refractivity contribution is 5.90. The molecule has 4 rings (SSSR count). The molecule has 9 heteroatoms. The first-order valence-electron chi connectivity index (χ1n) is 14.2. The molecular formula is C29H43FN4O4. The van der Waals surface area contributed by atoms with Gasteiger partial charge < -0.3 is 25.2 Å². The van der Waals surface area contributed by atoms with Crippen molar-refractivity contribution in [3.05, 3.63) is 35.6 Å². The maximum Gasteiger partial charge on any atom is 0.312 e. The van der Waals surface area contributed by atoms with Crippen molar-refractivity contribution in [2.45, 2.75) is 70.4 Å². The molecule has 210 valence electrons. The second-order valence-electron chi connectivity index (χ2n) is 11.2. The fourth-order valence-corrected chi connectivity index (χ4v) is 6.46. The molecule has 3 fully saturated rings. The van der Waals surface area contributed by atoms with Crippen LogP contribution in [0.15, 0.2) is 24.3 Å². The van der Waals surface area contributed by atoms with E-state index in [-0.39, 0.29) is 35.9 Å². The predicted octanol–water partition coefficient (Wildman–Crippen LogP) is 2.51. The van der Waals surface area contributed by atoms with Crippen LogP contribution >= 0.6 is 0 Å². The molecule has 2 atom stereocenters. The van der Waals surface area contributed by atoms with Gasteiger partial charge >= 0.3 is 5.97 Å². The van der Waals surface area contributed by atoms with E-state index in [9.17, 15) is 18.8 Å². The Labute approximate surface area is 225 Å². The van der Waals surface area contributed by atoms with Gasteiger partial charge in [0.2, 0.25) is 11.8 Å². The number of amides is 2. The Balaban J connectivity index is 1.48. The summed E-state index contributed by atoms with van der Waals surface area (Å²) in [6.45, 7) is 5.23. The number of nitrogens with zero attached hydrogens (tertiary/aromatic N) is 2. The third-order valence-electron chi connectivity index (χ3n) is 8.70. The molecule has 2 aliphatic heterocycles. The van der Waals surface area contributed by atoms with Gasteiger partial charge in [-0.3, -0.25) is 14.4 Å². The molecule has 0 unspecified atom stereocenters. The van der Waals surface area contributed by atoms with Crippen molar-refractivity contribution in [1.29, 1.82) is 0 Å². The lowest BCUT2D eigenvalue weighted by Crippen LogP contribution is -2.60. The highest BCUT2D eigenvalue weighted by atomic mass is 19.1. The summed E-state index contributed by atoms with van der Waals surface area (Å²) in [5.74, 6) is -0.548. The van der Waals surface area contributed by atoms with Crippen molar-refractivity contribution in [2.24, 2.45) is 11.3 Å². The Morgan fingerprint density at radius 2 is 1.79 bits per heavy atom. The van der Waals surface area contributed by atoms with Gasteiger partial charge in [0.15, 0.2) is 0 Å². The standard InChI is InChI=1S/C29H43FN4O4/c1-3-38-28(37)29(22-7-5-4-6-8-22)13-16-34(17-14-29)27(36)24(19-21-9-11-23(30)12-10-21)32-26(35)25-20-33(2)18-15-31-25/h9-12,22,24-25,31H,3-8,13-20H2,1-2H3,(H,32,35)/t24-,25-/m1/s1. The second kappa shape index (κ2) is 13.0. The normalized spacial score (nSPS) is 23.4. The van der Waals surface area contributed by atoms with Gasteiger partial charge in [0.05, 0.1) is 18.1 Å². The molecule has 2 heterocycles. The number of carbonyl (C=O) groups excluding carboxylic acids is 3. The van der Waals surface area contributed by atoms with Crippen molar-refractivity contribution >= 4 is 17.8 Å². The summed E-state index contributed by atoms with van der Waals surface area (Å²) in [7, 11) is 1.97. The molecule has 0 spiro atoms. The number of piperidine rings is 1. The van der Waals surface area contributed by atoms with Crippen LogP contribution in [0.5, 0.6) is 0 Å². The zero-order valence-corrected chi connectivity index (χ0v) is 22.8. The Kier molecular flexibility index (Phi) is 9.76. The molecule has 0 bridgehead atoms. The third kappa shape index (κ3) is 6.72. The van der Waals surface area contributed by atoms with Gasteiger partial charge in [0.1, 0.15) is 11.9 Å². The van der Waals surface area contributed by atoms with E-state index < -0.39 is 17.5 Å². The molecule has 2 saturated heterocycles. The van der Waals surface area contributed by atoms with Crippen LogP contribution in [-0.4, -0.2) is 86.0 Å². The minimum absolute atomic E-state index is 0.123. The average Bonchev–Trinajstić information content (AvgIpc) is 2.94. The maximum atomic E-state index is 13.8. The summed E-state index contributed by atoms with van der Waals surface area (Å²) >= 11 is 0. The van der Waals surface area contributed by atoms with Crippen LogP contribution in [-0.2, 0) is 25.5 Å². The van der Waals surface area contributed by atoms with E-state index in [0.717, 1.165) is 37.8 Å². The number of benzene rings is 1. The maximum absolute atomic E-state index is 13.8. The van der Waals surface area contributed by atoms with Crippen LogP contribution in [0.3, 0.4) is 0 Å². The van der Waals surface area contributed by atoms with Crippen LogP contribution in [0, 0.1) is 17.2 Å². The van der Waals surface area contributed by atoms with Gasteiger partial charge in [-0.15, -0.1) is 0 Å². The zero-order chi connectivity index (χ0) is 27.1. The van der Waals surface area contributed by atoms with Gasteiger partial charge in [0, 0.05) is 39.1 Å². The second-order valence-corrected chi connectivity index (χ2v) is 11.2. The monoisotopic (exact) mass is 530 g/mol. The topological polar surface area (TPSA) is 91.0 Å². The lowest BCUT2D eigenvalue weighted by molar-refractivity contribution is -0.166. The number of halogens is 1. The van der Waals surface area contributed by atoms with E-state index in [2.05, 4.69) is 15.5 Å². The van der Waals surface area contributed by atoms with Gasteiger partial charge in [-0.25, -0.2) is 4.39 Å². The number of likely N-dealkylation sites (tertiary alicyclic amines) is 1. The van der Waals surface area contributed by atoms with Gasteiger partial charge in [-0.1, -0.05) is 31.4 Å². The molecule has 38 heavy (non-hydrogen) atoms. The quantitative estimate of drug-likeness (QED) is 0.502. The van der Waals surface area contributed by atoms with Crippen molar-refractivity contribution < 1.29 is 23.5 Å². The lowest BCUT2D eigenvalue weighted by Gasteiger charge is -2.46. The number of hydrogen-bond donors (Lipinski definition) is 2. The molecule has 0 aromatic heterocycles. The van der Waals surface area contributed by atoms with E-state index in [0.29, 0.717) is 45.6 Å². The first-order valence-corrected chi connectivity index (χ1v) is 14.2. The van der Waals surface area contributed by atoms with Crippen molar-refractivity contribution in [3.8, 4) is 0 Å². The van der Waals surface area contributed by atoms with Crippen molar-refractivity contribution in [2.75, 3.05) is 46.4 Å². The Morgan fingerprint density at radius 1 is 1.11 bits per heavy atom. The number of rotatable bonds is 8. The highest BCUT2D eigenvalue weighted by Gasteiger charge is 2.49.